The molecule has 0 bridgehead atoms. The Balaban J connectivity index is 2.08. The fraction of sp³-hybridized carbons (Fsp3) is 0.533. The first-order chi connectivity index (χ1) is 10.4. The first-order valence-corrected chi connectivity index (χ1v) is 8.90. The average Bonchev–Trinajstić information content (AvgIpc) is 2.53. The molecule has 1 saturated heterocycles. The maximum absolute atomic E-state index is 12.4. The van der Waals surface area contributed by atoms with Crippen LogP contribution in [0.4, 0.5) is 0 Å². The van der Waals surface area contributed by atoms with Crippen molar-refractivity contribution < 1.29 is 13.2 Å². The summed E-state index contributed by atoms with van der Waals surface area (Å²) in [5.41, 5.74) is 0.368. The molecule has 1 atom stereocenters. The van der Waals surface area contributed by atoms with E-state index in [0.29, 0.717) is 18.0 Å². The van der Waals surface area contributed by atoms with Crippen LogP contribution in [0.1, 0.15) is 23.2 Å². The number of sulfonamides is 1. The second-order valence-corrected chi connectivity index (χ2v) is 7.56. The summed E-state index contributed by atoms with van der Waals surface area (Å²) in [7, 11) is -0.316. The minimum atomic E-state index is -3.59. The molecule has 0 radical (unpaired) electrons. The molecule has 1 heterocycles. The highest BCUT2D eigenvalue weighted by Crippen LogP contribution is 2.14. The Morgan fingerprint density at radius 3 is 2.82 bits per heavy atom. The third kappa shape index (κ3) is 4.28. The van der Waals surface area contributed by atoms with Crippen LogP contribution in [0.3, 0.4) is 0 Å². The fourth-order valence-electron chi connectivity index (χ4n) is 2.46. The monoisotopic (exact) mass is 325 g/mol. The van der Waals surface area contributed by atoms with Crippen LogP contribution in [-0.4, -0.2) is 53.0 Å². The number of carbonyl (C=O) groups excluding carboxylic acids is 1. The van der Waals surface area contributed by atoms with Crippen LogP contribution in [0.2, 0.25) is 0 Å². The molecule has 1 aromatic rings. The van der Waals surface area contributed by atoms with Gasteiger partial charge in [-0.1, -0.05) is 6.07 Å². The smallest absolute Gasteiger partial charge is 0.253 e. The lowest BCUT2D eigenvalue weighted by molar-refractivity contribution is 0.0827. The van der Waals surface area contributed by atoms with Crippen molar-refractivity contribution in [3.63, 3.8) is 0 Å². The van der Waals surface area contributed by atoms with E-state index in [-0.39, 0.29) is 10.8 Å². The van der Waals surface area contributed by atoms with Crippen LogP contribution in [0, 0.1) is 5.92 Å². The molecule has 22 heavy (non-hydrogen) atoms. The molecule has 7 heteroatoms. The van der Waals surface area contributed by atoms with Crippen molar-refractivity contribution in [2.24, 2.45) is 5.92 Å². The minimum Gasteiger partial charge on any atom is -0.345 e. The molecule has 1 fully saturated rings. The van der Waals surface area contributed by atoms with Crippen LogP contribution in [-0.2, 0) is 10.0 Å². The summed E-state index contributed by atoms with van der Waals surface area (Å²) >= 11 is 0. The van der Waals surface area contributed by atoms with Crippen LogP contribution >= 0.6 is 0 Å². The van der Waals surface area contributed by atoms with Crippen molar-refractivity contribution in [3.8, 4) is 0 Å². The van der Waals surface area contributed by atoms with Gasteiger partial charge in [0, 0.05) is 26.2 Å². The van der Waals surface area contributed by atoms with Crippen LogP contribution in [0.15, 0.2) is 29.2 Å². The molecule has 1 aliphatic rings. The summed E-state index contributed by atoms with van der Waals surface area (Å²) in [6.45, 7) is 2.25. The van der Waals surface area contributed by atoms with E-state index in [9.17, 15) is 13.2 Å². The van der Waals surface area contributed by atoms with Crippen molar-refractivity contribution in [3.05, 3.63) is 29.8 Å². The molecule has 0 saturated carbocycles. The highest BCUT2D eigenvalue weighted by Gasteiger charge is 2.20. The molecule has 0 spiro atoms. The minimum absolute atomic E-state index is 0.129. The lowest BCUT2D eigenvalue weighted by Crippen LogP contribution is -2.38. The summed E-state index contributed by atoms with van der Waals surface area (Å²) in [4.78, 5) is 13.5. The molecule has 1 amide bonds. The summed E-state index contributed by atoms with van der Waals surface area (Å²) in [6.07, 6.45) is 2.09. The van der Waals surface area contributed by atoms with Gasteiger partial charge < -0.3 is 10.2 Å². The lowest BCUT2D eigenvalue weighted by atomic mass is 10.0. The van der Waals surface area contributed by atoms with E-state index in [1.165, 1.54) is 17.0 Å². The third-order valence-corrected chi connectivity index (χ3v) is 5.18. The zero-order valence-electron chi connectivity index (χ0n) is 13.0. The predicted octanol–water partition coefficient (Wildman–Crippen LogP) is 0.666. The largest absolute Gasteiger partial charge is 0.345 e. The number of piperidine rings is 1. The van der Waals surface area contributed by atoms with Crippen molar-refractivity contribution in [1.82, 2.24) is 14.9 Å². The number of carbonyl (C=O) groups is 1. The Morgan fingerprint density at radius 2 is 2.18 bits per heavy atom. The van der Waals surface area contributed by atoms with Gasteiger partial charge >= 0.3 is 0 Å². The van der Waals surface area contributed by atoms with E-state index in [0.717, 1.165) is 25.9 Å². The molecule has 2 rings (SSSR count). The van der Waals surface area contributed by atoms with E-state index in [1.807, 2.05) is 0 Å². The van der Waals surface area contributed by atoms with E-state index >= 15 is 0 Å². The normalized spacial score (nSPS) is 18.9. The van der Waals surface area contributed by atoms with E-state index in [2.05, 4.69) is 10.0 Å². The van der Waals surface area contributed by atoms with E-state index < -0.39 is 10.0 Å². The summed E-state index contributed by atoms with van der Waals surface area (Å²) in [6, 6.07) is 6.14. The summed E-state index contributed by atoms with van der Waals surface area (Å²) in [5, 5.41) is 3.26. The fourth-order valence-corrected chi connectivity index (χ4v) is 3.63. The molecule has 0 aromatic heterocycles. The van der Waals surface area contributed by atoms with Crippen LogP contribution < -0.4 is 10.0 Å². The molecular weight excluding hydrogens is 302 g/mol. The summed E-state index contributed by atoms with van der Waals surface area (Å²) in [5.74, 6) is 0.101. The number of hydrogen-bond donors (Lipinski definition) is 2. The number of nitrogens with one attached hydrogen (secondary N) is 2. The molecule has 0 aliphatic carbocycles. The Kier molecular flexibility index (Phi) is 5.55. The highest BCUT2D eigenvalue weighted by molar-refractivity contribution is 7.89. The molecule has 1 aliphatic heterocycles. The lowest BCUT2D eigenvalue weighted by Gasteiger charge is -2.22. The summed E-state index contributed by atoms with van der Waals surface area (Å²) < 4.78 is 27.4. The standard InChI is InChI=1S/C15H23N3O3S/c1-18(2)15(19)13-6-3-7-14(9-13)22(20,21)17-11-12-5-4-8-16-10-12/h3,6-7,9,12,16-17H,4-5,8,10-11H2,1-2H3. The zero-order chi connectivity index (χ0) is 16.2. The first kappa shape index (κ1) is 16.9. The number of benzene rings is 1. The van der Waals surface area contributed by atoms with E-state index in [4.69, 9.17) is 0 Å². The Bertz CT molecular complexity index is 623. The second kappa shape index (κ2) is 7.21. The number of hydrogen-bond acceptors (Lipinski definition) is 4. The number of rotatable bonds is 5. The molecule has 6 nitrogen and oxygen atoms in total. The first-order valence-electron chi connectivity index (χ1n) is 7.42. The Labute approximate surface area is 131 Å². The van der Waals surface area contributed by atoms with Crippen molar-refractivity contribution in [2.45, 2.75) is 17.7 Å². The highest BCUT2D eigenvalue weighted by atomic mass is 32.2. The van der Waals surface area contributed by atoms with Crippen LogP contribution in [0.25, 0.3) is 0 Å². The quantitative estimate of drug-likeness (QED) is 0.834. The van der Waals surface area contributed by atoms with Gasteiger partial charge in [0.25, 0.3) is 5.91 Å². The average molecular weight is 325 g/mol. The Hall–Kier alpha value is -1.44. The molecule has 2 N–H and O–H groups in total. The van der Waals surface area contributed by atoms with Gasteiger partial charge in [-0.15, -0.1) is 0 Å². The molecular formula is C15H23N3O3S. The molecule has 1 unspecified atom stereocenters. The van der Waals surface area contributed by atoms with Gasteiger partial charge in [-0.25, -0.2) is 13.1 Å². The van der Waals surface area contributed by atoms with Crippen molar-refractivity contribution in [2.75, 3.05) is 33.7 Å². The Morgan fingerprint density at radius 1 is 1.41 bits per heavy atom. The van der Waals surface area contributed by atoms with Gasteiger partial charge in [-0.3, -0.25) is 4.79 Å². The van der Waals surface area contributed by atoms with Gasteiger partial charge in [0.15, 0.2) is 0 Å². The van der Waals surface area contributed by atoms with Gasteiger partial charge in [0.05, 0.1) is 4.90 Å². The maximum Gasteiger partial charge on any atom is 0.253 e. The predicted molar refractivity (Wildman–Crippen MR) is 85.2 cm³/mol. The molecule has 122 valence electrons. The number of nitrogens with zero attached hydrogens (tertiary/aromatic N) is 1. The SMILES string of the molecule is CN(C)C(=O)c1cccc(S(=O)(=O)NCC2CCCNC2)c1. The van der Waals surface area contributed by atoms with Gasteiger partial charge in [0.2, 0.25) is 10.0 Å². The maximum atomic E-state index is 12.4. The van der Waals surface area contributed by atoms with Crippen LogP contribution in [0.5, 0.6) is 0 Å². The van der Waals surface area contributed by atoms with Gasteiger partial charge in [-0.05, 0) is 50.0 Å². The number of amides is 1. The van der Waals surface area contributed by atoms with Gasteiger partial charge in [0.1, 0.15) is 0 Å². The topological polar surface area (TPSA) is 78.5 Å². The van der Waals surface area contributed by atoms with Crippen molar-refractivity contribution >= 4 is 15.9 Å². The van der Waals surface area contributed by atoms with E-state index in [1.54, 1.807) is 26.2 Å². The molecule has 1 aromatic carbocycles. The van der Waals surface area contributed by atoms with Crippen molar-refractivity contribution in [1.29, 1.82) is 0 Å². The van der Waals surface area contributed by atoms with Gasteiger partial charge in [-0.2, -0.15) is 0 Å². The zero-order valence-corrected chi connectivity index (χ0v) is 13.8. The second-order valence-electron chi connectivity index (χ2n) is 5.79. The third-order valence-electron chi connectivity index (χ3n) is 3.76.